The van der Waals surface area contributed by atoms with Gasteiger partial charge in [0.05, 0.1) is 0 Å². The Bertz CT molecular complexity index is 1020. The first kappa shape index (κ1) is 15.3. The van der Waals surface area contributed by atoms with Gasteiger partial charge in [0.2, 0.25) is 17.6 Å². The Morgan fingerprint density at radius 3 is 2.92 bits per heavy atom. The van der Waals surface area contributed by atoms with Crippen LogP contribution in [0.4, 0.5) is 11.6 Å². The fourth-order valence-electron chi connectivity index (χ4n) is 2.41. The van der Waals surface area contributed by atoms with Gasteiger partial charge in [0, 0.05) is 23.9 Å². The van der Waals surface area contributed by atoms with Gasteiger partial charge >= 0.3 is 5.82 Å². The van der Waals surface area contributed by atoms with Gasteiger partial charge in [-0.1, -0.05) is 29.5 Å². The Morgan fingerprint density at radius 2 is 2.12 bits per heavy atom. The second kappa shape index (κ2) is 6.32. The normalized spacial score (nSPS) is 11.0. The maximum Gasteiger partial charge on any atom is 0.372 e. The summed E-state index contributed by atoms with van der Waals surface area (Å²) >= 11 is 1.34. The first-order chi connectivity index (χ1) is 12.2. The maximum atomic E-state index is 11.3. The number of nitrogens with one attached hydrogen (secondary N) is 1. The number of anilines is 1. The number of benzene rings is 1. The van der Waals surface area contributed by atoms with Gasteiger partial charge in [-0.05, 0) is 17.1 Å². The molecule has 0 fully saturated rings. The van der Waals surface area contributed by atoms with Crippen LogP contribution in [0.5, 0.6) is 0 Å². The summed E-state index contributed by atoms with van der Waals surface area (Å²) in [5.41, 5.74) is 0.846. The van der Waals surface area contributed by atoms with Crippen molar-refractivity contribution in [3.8, 4) is 11.5 Å². The highest BCUT2D eigenvalue weighted by molar-refractivity contribution is 7.15. The number of nitro groups is 1. The van der Waals surface area contributed by atoms with Crippen molar-refractivity contribution in [1.29, 1.82) is 0 Å². The third-order valence-corrected chi connectivity index (χ3v) is 4.29. The quantitative estimate of drug-likeness (QED) is 0.417. The summed E-state index contributed by atoms with van der Waals surface area (Å²) < 4.78 is 7.06. The van der Waals surface area contributed by atoms with E-state index in [1.807, 2.05) is 30.3 Å². The molecule has 25 heavy (non-hydrogen) atoms. The van der Waals surface area contributed by atoms with Crippen molar-refractivity contribution in [2.45, 2.75) is 6.42 Å². The van der Waals surface area contributed by atoms with Crippen LogP contribution in [0.1, 0.15) is 5.89 Å². The number of imidazole rings is 1. The van der Waals surface area contributed by atoms with Gasteiger partial charge in [0.1, 0.15) is 6.20 Å². The Hall–Kier alpha value is -3.27. The van der Waals surface area contributed by atoms with Crippen molar-refractivity contribution in [1.82, 2.24) is 19.6 Å². The first-order valence-electron chi connectivity index (χ1n) is 7.44. The summed E-state index contributed by atoms with van der Waals surface area (Å²) in [7, 11) is 0. The molecule has 4 aromatic rings. The lowest BCUT2D eigenvalue weighted by molar-refractivity contribution is -0.389. The van der Waals surface area contributed by atoms with Gasteiger partial charge in [-0.15, -0.1) is 10.2 Å². The van der Waals surface area contributed by atoms with Crippen LogP contribution in [0, 0.1) is 10.1 Å². The molecule has 0 radical (unpaired) electrons. The molecule has 1 N–H and O–H groups in total. The third-order valence-electron chi connectivity index (χ3n) is 3.53. The van der Waals surface area contributed by atoms with Crippen LogP contribution in [0.2, 0.25) is 0 Å². The molecule has 4 rings (SSSR count). The third kappa shape index (κ3) is 2.94. The summed E-state index contributed by atoms with van der Waals surface area (Å²) in [6.45, 7) is 0.391. The number of rotatable bonds is 6. The molecule has 3 aromatic heterocycles. The van der Waals surface area contributed by atoms with E-state index in [2.05, 4.69) is 20.5 Å². The minimum atomic E-state index is -0.449. The summed E-state index contributed by atoms with van der Waals surface area (Å²) in [5, 5.41) is 24.0. The molecule has 1 aromatic carbocycles. The van der Waals surface area contributed by atoms with E-state index in [4.69, 9.17) is 4.42 Å². The molecule has 3 heterocycles. The molecule has 0 aliphatic rings. The summed E-state index contributed by atoms with van der Waals surface area (Å²) in [5.74, 6) is 1.06. The molecular weight excluding hydrogens is 344 g/mol. The molecule has 0 saturated heterocycles. The number of thiazole rings is 1. The van der Waals surface area contributed by atoms with Gasteiger partial charge < -0.3 is 19.8 Å². The lowest BCUT2D eigenvalue weighted by Crippen LogP contribution is -2.07. The van der Waals surface area contributed by atoms with Gasteiger partial charge in [0.15, 0.2) is 0 Å². The molecule has 126 valence electrons. The zero-order valence-electron chi connectivity index (χ0n) is 12.8. The van der Waals surface area contributed by atoms with Crippen LogP contribution in [0.25, 0.3) is 16.4 Å². The van der Waals surface area contributed by atoms with E-state index >= 15 is 0 Å². The lowest BCUT2D eigenvalue weighted by Gasteiger charge is -2.01. The minimum absolute atomic E-state index is 0.0771. The second-order valence-corrected chi connectivity index (χ2v) is 6.01. The minimum Gasteiger partial charge on any atom is -0.421 e. The van der Waals surface area contributed by atoms with E-state index in [0.29, 0.717) is 29.7 Å². The summed E-state index contributed by atoms with van der Waals surface area (Å²) in [4.78, 5) is 15.6. The molecule has 0 spiro atoms. The van der Waals surface area contributed by atoms with E-state index < -0.39 is 4.92 Å². The zero-order valence-corrected chi connectivity index (χ0v) is 13.6. The average Bonchev–Trinajstić information content (AvgIpc) is 3.31. The Labute approximate surface area is 145 Å². The van der Waals surface area contributed by atoms with E-state index in [0.717, 1.165) is 5.56 Å². The monoisotopic (exact) mass is 356 g/mol. The van der Waals surface area contributed by atoms with Crippen molar-refractivity contribution < 1.29 is 9.34 Å². The molecule has 0 saturated carbocycles. The average molecular weight is 356 g/mol. The number of hydrogen-bond acceptors (Lipinski definition) is 8. The standard InChI is InChI=1S/C15H12N6O3S/c22-21(23)14-12(17-15-20(14)8-9-25-15)16-7-6-11-18-19-13(24-11)10-4-2-1-3-5-10/h1-5,8-9,16H,6-7H2. The molecule has 0 aliphatic heterocycles. The Kier molecular flexibility index (Phi) is 3.86. The molecule has 0 bridgehead atoms. The van der Waals surface area contributed by atoms with E-state index in [-0.39, 0.29) is 11.6 Å². The van der Waals surface area contributed by atoms with Crippen LogP contribution in [-0.4, -0.2) is 31.1 Å². The maximum absolute atomic E-state index is 11.3. The van der Waals surface area contributed by atoms with Crippen LogP contribution in [0.15, 0.2) is 46.3 Å². The van der Waals surface area contributed by atoms with Gasteiger partial charge in [-0.3, -0.25) is 0 Å². The second-order valence-electron chi connectivity index (χ2n) is 5.14. The van der Waals surface area contributed by atoms with E-state index in [1.165, 1.54) is 15.7 Å². The highest BCUT2D eigenvalue weighted by Gasteiger charge is 2.23. The predicted molar refractivity (Wildman–Crippen MR) is 91.7 cm³/mol. The molecule has 10 heteroatoms. The summed E-state index contributed by atoms with van der Waals surface area (Å²) in [6.07, 6.45) is 2.06. The first-order valence-corrected chi connectivity index (χ1v) is 8.32. The Balaban J connectivity index is 1.45. The van der Waals surface area contributed by atoms with Crippen molar-refractivity contribution in [3.05, 3.63) is 57.9 Å². The SMILES string of the molecule is O=[N+]([O-])c1c(NCCc2nnc(-c3ccccc3)o2)nc2sccn12. The fourth-order valence-corrected chi connectivity index (χ4v) is 3.12. The van der Waals surface area contributed by atoms with Crippen molar-refractivity contribution in [2.75, 3.05) is 11.9 Å². The largest absolute Gasteiger partial charge is 0.421 e. The van der Waals surface area contributed by atoms with Gasteiger partial charge in [-0.25, -0.2) is 0 Å². The van der Waals surface area contributed by atoms with Crippen molar-refractivity contribution >= 4 is 27.9 Å². The fraction of sp³-hybridized carbons (Fsp3) is 0.133. The Morgan fingerprint density at radius 1 is 1.28 bits per heavy atom. The van der Waals surface area contributed by atoms with Crippen LogP contribution < -0.4 is 5.32 Å². The highest BCUT2D eigenvalue weighted by atomic mass is 32.1. The molecule has 0 unspecified atom stereocenters. The van der Waals surface area contributed by atoms with Gasteiger partial charge in [-0.2, -0.15) is 9.38 Å². The molecule has 0 aliphatic carbocycles. The van der Waals surface area contributed by atoms with Crippen LogP contribution in [0.3, 0.4) is 0 Å². The van der Waals surface area contributed by atoms with E-state index in [1.54, 1.807) is 11.6 Å². The van der Waals surface area contributed by atoms with Crippen molar-refractivity contribution in [2.24, 2.45) is 0 Å². The molecule has 0 amide bonds. The number of aromatic nitrogens is 4. The van der Waals surface area contributed by atoms with Crippen molar-refractivity contribution in [3.63, 3.8) is 0 Å². The molecular formula is C15H12N6O3S. The topological polar surface area (TPSA) is 111 Å². The highest BCUT2D eigenvalue weighted by Crippen LogP contribution is 2.27. The lowest BCUT2D eigenvalue weighted by atomic mass is 10.2. The summed E-state index contributed by atoms with van der Waals surface area (Å²) in [6, 6.07) is 9.47. The number of nitrogens with zero attached hydrogens (tertiary/aromatic N) is 5. The van der Waals surface area contributed by atoms with E-state index in [9.17, 15) is 10.1 Å². The van der Waals surface area contributed by atoms with Crippen LogP contribution >= 0.6 is 11.3 Å². The van der Waals surface area contributed by atoms with Gasteiger partial charge in [0.25, 0.3) is 4.96 Å². The number of fused-ring (bicyclic) bond motifs is 1. The number of hydrogen-bond donors (Lipinski definition) is 1. The smallest absolute Gasteiger partial charge is 0.372 e. The molecule has 0 atom stereocenters. The molecule has 9 nitrogen and oxygen atoms in total. The zero-order chi connectivity index (χ0) is 17.2. The predicted octanol–water partition coefficient (Wildman–Crippen LogP) is 3.01. The van der Waals surface area contributed by atoms with Crippen LogP contribution in [-0.2, 0) is 6.42 Å².